The Morgan fingerprint density at radius 2 is 2.12 bits per heavy atom. The first-order valence-corrected chi connectivity index (χ1v) is 5.32. The van der Waals surface area contributed by atoms with Crippen LogP contribution in [-0.4, -0.2) is 21.1 Å². The van der Waals surface area contributed by atoms with E-state index in [2.05, 4.69) is 15.0 Å². The van der Waals surface area contributed by atoms with Gasteiger partial charge in [0.05, 0.1) is 24.3 Å². The fraction of sp³-hybridized carbons (Fsp3) is 0.250. The molecule has 0 atom stereocenters. The number of hydrogen-bond donors (Lipinski definition) is 1. The van der Waals surface area contributed by atoms with E-state index in [0.717, 1.165) is 5.56 Å². The van der Waals surface area contributed by atoms with Gasteiger partial charge in [-0.1, -0.05) is 0 Å². The Labute approximate surface area is 98.5 Å². The van der Waals surface area contributed by atoms with Gasteiger partial charge in [-0.05, 0) is 19.9 Å². The fourth-order valence-electron chi connectivity index (χ4n) is 1.42. The fourth-order valence-corrected chi connectivity index (χ4v) is 1.42. The predicted molar refractivity (Wildman–Crippen MR) is 63.9 cm³/mol. The largest absolute Gasteiger partial charge is 0.489 e. The minimum Gasteiger partial charge on any atom is -0.489 e. The van der Waals surface area contributed by atoms with Crippen molar-refractivity contribution in [2.45, 2.75) is 20.0 Å². The van der Waals surface area contributed by atoms with Crippen molar-refractivity contribution in [2.75, 3.05) is 0 Å². The van der Waals surface area contributed by atoms with Gasteiger partial charge in [-0.15, -0.1) is 0 Å². The van der Waals surface area contributed by atoms with Crippen molar-refractivity contribution in [3.8, 4) is 17.0 Å². The highest BCUT2D eigenvalue weighted by Crippen LogP contribution is 2.20. The lowest BCUT2D eigenvalue weighted by Gasteiger charge is -2.09. The number of aromatic amines is 1. The van der Waals surface area contributed by atoms with E-state index in [4.69, 9.17) is 4.74 Å². The van der Waals surface area contributed by atoms with Gasteiger partial charge in [0.1, 0.15) is 5.75 Å². The van der Waals surface area contributed by atoms with Crippen LogP contribution in [0.15, 0.2) is 35.6 Å². The minimum absolute atomic E-state index is 0.0826. The Hall–Kier alpha value is -2.17. The van der Waals surface area contributed by atoms with E-state index >= 15 is 0 Å². The third-order valence-electron chi connectivity index (χ3n) is 2.06. The van der Waals surface area contributed by atoms with Crippen molar-refractivity contribution in [2.24, 2.45) is 0 Å². The maximum Gasteiger partial charge on any atom is 0.251 e. The molecule has 2 rings (SSSR count). The van der Waals surface area contributed by atoms with Gasteiger partial charge >= 0.3 is 0 Å². The Kier molecular flexibility index (Phi) is 3.18. The number of ether oxygens (including phenoxy) is 1. The van der Waals surface area contributed by atoms with Gasteiger partial charge < -0.3 is 9.72 Å². The molecule has 0 fully saturated rings. The summed E-state index contributed by atoms with van der Waals surface area (Å²) in [6.07, 6.45) is 4.73. The SMILES string of the molecule is CC(C)Oc1cncc(-c2cc(=O)[nH]cn2)c1. The van der Waals surface area contributed by atoms with Gasteiger partial charge in [0.2, 0.25) is 0 Å². The van der Waals surface area contributed by atoms with Crippen molar-refractivity contribution in [1.82, 2.24) is 15.0 Å². The predicted octanol–water partition coefficient (Wildman–Crippen LogP) is 1.62. The summed E-state index contributed by atoms with van der Waals surface area (Å²) < 4.78 is 5.53. The third-order valence-corrected chi connectivity index (χ3v) is 2.06. The molecule has 5 heteroatoms. The summed E-state index contributed by atoms with van der Waals surface area (Å²) in [5.74, 6) is 0.666. The Balaban J connectivity index is 2.36. The van der Waals surface area contributed by atoms with Crippen molar-refractivity contribution in [3.05, 3.63) is 41.2 Å². The number of nitrogens with one attached hydrogen (secondary N) is 1. The first kappa shape index (κ1) is 11.3. The molecular formula is C12H13N3O2. The summed E-state index contributed by atoms with van der Waals surface area (Å²) in [4.78, 5) is 21.8. The standard InChI is InChI=1S/C12H13N3O2/c1-8(2)17-10-3-9(5-13-6-10)11-4-12(16)15-7-14-11/h3-8H,1-2H3,(H,14,15,16). The number of H-pyrrole nitrogens is 1. The van der Waals surface area contributed by atoms with Crippen LogP contribution in [0.2, 0.25) is 0 Å². The molecule has 1 N–H and O–H groups in total. The molecule has 2 aromatic rings. The van der Waals surface area contributed by atoms with E-state index in [1.54, 1.807) is 12.4 Å². The van der Waals surface area contributed by atoms with Crippen LogP contribution >= 0.6 is 0 Å². The van der Waals surface area contributed by atoms with Gasteiger partial charge in [0, 0.05) is 17.8 Å². The van der Waals surface area contributed by atoms with Crippen LogP contribution in [0.3, 0.4) is 0 Å². The molecule has 0 unspecified atom stereocenters. The highest BCUT2D eigenvalue weighted by Gasteiger charge is 2.04. The van der Waals surface area contributed by atoms with Crippen molar-refractivity contribution < 1.29 is 4.74 Å². The zero-order valence-electron chi connectivity index (χ0n) is 9.68. The Bertz CT molecular complexity index is 563. The lowest BCUT2D eigenvalue weighted by atomic mass is 10.2. The second-order valence-electron chi connectivity index (χ2n) is 3.87. The van der Waals surface area contributed by atoms with Crippen LogP contribution in [0.4, 0.5) is 0 Å². The third kappa shape index (κ3) is 2.90. The monoisotopic (exact) mass is 231 g/mol. The van der Waals surface area contributed by atoms with Crippen molar-refractivity contribution in [3.63, 3.8) is 0 Å². The van der Waals surface area contributed by atoms with Crippen molar-refractivity contribution >= 4 is 0 Å². The number of aromatic nitrogens is 3. The molecule has 0 amide bonds. The van der Waals surface area contributed by atoms with Gasteiger partial charge in [-0.25, -0.2) is 4.98 Å². The van der Waals surface area contributed by atoms with Crippen LogP contribution in [0.5, 0.6) is 5.75 Å². The zero-order valence-corrected chi connectivity index (χ0v) is 9.68. The van der Waals surface area contributed by atoms with E-state index < -0.39 is 0 Å². The highest BCUT2D eigenvalue weighted by molar-refractivity contribution is 5.58. The maximum atomic E-state index is 11.2. The van der Waals surface area contributed by atoms with E-state index in [1.807, 2.05) is 19.9 Å². The van der Waals surface area contributed by atoms with Gasteiger partial charge in [0.15, 0.2) is 0 Å². The first-order valence-electron chi connectivity index (χ1n) is 5.32. The van der Waals surface area contributed by atoms with E-state index in [9.17, 15) is 4.79 Å². The van der Waals surface area contributed by atoms with Crippen molar-refractivity contribution in [1.29, 1.82) is 0 Å². The normalized spacial score (nSPS) is 10.5. The molecule has 0 radical (unpaired) electrons. The van der Waals surface area contributed by atoms with Crippen LogP contribution in [-0.2, 0) is 0 Å². The Morgan fingerprint density at radius 3 is 2.82 bits per heavy atom. The van der Waals surface area contributed by atoms with Crippen LogP contribution in [0.25, 0.3) is 11.3 Å². The summed E-state index contributed by atoms with van der Waals surface area (Å²) in [7, 11) is 0. The quantitative estimate of drug-likeness (QED) is 0.871. The average Bonchev–Trinajstić information content (AvgIpc) is 2.28. The zero-order chi connectivity index (χ0) is 12.3. The maximum absolute atomic E-state index is 11.2. The molecule has 0 aliphatic carbocycles. The van der Waals surface area contributed by atoms with Crippen LogP contribution in [0, 0.1) is 0 Å². The van der Waals surface area contributed by atoms with Crippen LogP contribution < -0.4 is 10.3 Å². The molecule has 0 aliphatic rings. The number of hydrogen-bond acceptors (Lipinski definition) is 4. The first-order chi connectivity index (χ1) is 8.15. The highest BCUT2D eigenvalue weighted by atomic mass is 16.5. The minimum atomic E-state index is -0.190. The molecule has 2 heterocycles. The number of rotatable bonds is 3. The number of pyridine rings is 1. The molecule has 17 heavy (non-hydrogen) atoms. The van der Waals surface area contributed by atoms with Gasteiger partial charge in [0.25, 0.3) is 5.56 Å². The summed E-state index contributed by atoms with van der Waals surface area (Å²) in [6, 6.07) is 3.24. The topological polar surface area (TPSA) is 67.9 Å². The average molecular weight is 231 g/mol. The summed E-state index contributed by atoms with van der Waals surface area (Å²) >= 11 is 0. The van der Waals surface area contributed by atoms with E-state index in [0.29, 0.717) is 11.4 Å². The molecule has 2 aromatic heterocycles. The molecule has 0 bridgehead atoms. The second-order valence-corrected chi connectivity index (χ2v) is 3.87. The number of nitrogens with zero attached hydrogens (tertiary/aromatic N) is 2. The molecule has 5 nitrogen and oxygen atoms in total. The van der Waals surface area contributed by atoms with Crippen LogP contribution in [0.1, 0.15) is 13.8 Å². The molecule has 0 spiro atoms. The lowest BCUT2D eigenvalue weighted by molar-refractivity contribution is 0.241. The smallest absolute Gasteiger partial charge is 0.251 e. The molecule has 0 aliphatic heterocycles. The molecule has 0 saturated carbocycles. The summed E-state index contributed by atoms with van der Waals surface area (Å²) in [5, 5.41) is 0. The van der Waals surface area contributed by atoms with Gasteiger partial charge in [-0.3, -0.25) is 9.78 Å². The van der Waals surface area contributed by atoms with E-state index in [-0.39, 0.29) is 11.7 Å². The lowest BCUT2D eigenvalue weighted by Crippen LogP contribution is -2.06. The summed E-state index contributed by atoms with van der Waals surface area (Å²) in [6.45, 7) is 3.89. The Morgan fingerprint density at radius 1 is 1.29 bits per heavy atom. The molecule has 0 aromatic carbocycles. The second kappa shape index (κ2) is 4.78. The van der Waals surface area contributed by atoms with E-state index in [1.165, 1.54) is 12.4 Å². The molecule has 88 valence electrons. The molecule has 0 saturated heterocycles. The van der Waals surface area contributed by atoms with Gasteiger partial charge in [-0.2, -0.15) is 0 Å². The summed E-state index contributed by atoms with van der Waals surface area (Å²) in [5.41, 5.74) is 1.15. The molecular weight excluding hydrogens is 218 g/mol.